The molecular weight excluding hydrogens is 397 g/mol. The van der Waals surface area contributed by atoms with Gasteiger partial charge in [-0.2, -0.15) is 13.2 Å². The number of benzene rings is 3. The zero-order chi connectivity index (χ0) is 21.8. The number of halogens is 3. The Hall–Kier alpha value is -2.63. The minimum absolute atomic E-state index is 0.146. The Labute approximate surface area is 181 Å². The van der Waals surface area contributed by atoms with Gasteiger partial charge in [0.15, 0.2) is 0 Å². The molecule has 31 heavy (non-hydrogen) atoms. The molecule has 0 N–H and O–H groups in total. The number of alkyl halides is 3. The molecule has 3 aromatic carbocycles. The standard InChI is InChI=1S/C26H27F3N2/c1-30-16-17-31(18-22-14-8-9-15-23(22)26(27,28)29)19-24(30)25(20-10-4-2-5-11-20)21-12-6-3-7-13-21/h2-15,24-25H,16-19H2,1H3. The number of likely N-dealkylation sites (N-methyl/N-ethyl adjacent to an activating group) is 1. The SMILES string of the molecule is CN1CCN(Cc2ccccc2C(F)(F)F)CC1C(c1ccccc1)c1ccccc1. The van der Waals surface area contributed by atoms with Crippen LogP contribution in [0.15, 0.2) is 84.9 Å². The topological polar surface area (TPSA) is 6.48 Å². The van der Waals surface area contributed by atoms with Crippen molar-refractivity contribution >= 4 is 0 Å². The summed E-state index contributed by atoms with van der Waals surface area (Å²) in [5, 5.41) is 0. The molecule has 1 fully saturated rings. The molecule has 5 heteroatoms. The van der Waals surface area contributed by atoms with Gasteiger partial charge in [0.25, 0.3) is 0 Å². The van der Waals surface area contributed by atoms with Crippen LogP contribution in [0, 0.1) is 0 Å². The Kier molecular flexibility index (Phi) is 6.44. The molecule has 1 saturated heterocycles. The van der Waals surface area contributed by atoms with Gasteiger partial charge >= 0.3 is 6.18 Å². The average Bonchev–Trinajstić information content (AvgIpc) is 2.77. The Morgan fingerprint density at radius 3 is 1.94 bits per heavy atom. The maximum absolute atomic E-state index is 13.5. The fourth-order valence-corrected chi connectivity index (χ4v) is 4.60. The first-order chi connectivity index (χ1) is 14.9. The van der Waals surface area contributed by atoms with Crippen molar-refractivity contribution < 1.29 is 13.2 Å². The predicted molar refractivity (Wildman–Crippen MR) is 118 cm³/mol. The smallest absolute Gasteiger partial charge is 0.300 e. The van der Waals surface area contributed by atoms with Crippen LogP contribution in [0.1, 0.15) is 28.2 Å². The van der Waals surface area contributed by atoms with Crippen molar-refractivity contribution in [3.8, 4) is 0 Å². The molecule has 0 spiro atoms. The van der Waals surface area contributed by atoms with Crippen LogP contribution in [-0.2, 0) is 12.7 Å². The molecule has 1 aliphatic heterocycles. The Bertz CT molecular complexity index is 933. The summed E-state index contributed by atoms with van der Waals surface area (Å²) >= 11 is 0. The zero-order valence-electron chi connectivity index (χ0n) is 17.6. The van der Waals surface area contributed by atoms with Gasteiger partial charge in [-0.15, -0.1) is 0 Å². The van der Waals surface area contributed by atoms with E-state index >= 15 is 0 Å². The fourth-order valence-electron chi connectivity index (χ4n) is 4.60. The van der Waals surface area contributed by atoms with Gasteiger partial charge in [-0.1, -0.05) is 78.9 Å². The van der Waals surface area contributed by atoms with E-state index in [9.17, 15) is 13.2 Å². The highest BCUT2D eigenvalue weighted by molar-refractivity contribution is 5.35. The lowest BCUT2D eigenvalue weighted by Gasteiger charge is -2.44. The molecule has 0 amide bonds. The Morgan fingerprint density at radius 2 is 1.35 bits per heavy atom. The summed E-state index contributed by atoms with van der Waals surface area (Å²) in [7, 11) is 2.12. The molecule has 1 aliphatic rings. The molecule has 0 aromatic heterocycles. The first kappa shape index (κ1) is 21.6. The molecule has 0 saturated carbocycles. The van der Waals surface area contributed by atoms with E-state index in [1.807, 2.05) is 36.4 Å². The summed E-state index contributed by atoms with van der Waals surface area (Å²) < 4.78 is 40.5. The second kappa shape index (κ2) is 9.25. The number of hydrogen-bond acceptors (Lipinski definition) is 2. The summed E-state index contributed by atoms with van der Waals surface area (Å²) in [6.07, 6.45) is -4.33. The maximum atomic E-state index is 13.5. The highest BCUT2D eigenvalue weighted by Gasteiger charge is 2.36. The van der Waals surface area contributed by atoms with Crippen molar-refractivity contribution in [3.05, 3.63) is 107 Å². The predicted octanol–water partition coefficient (Wildman–Crippen LogP) is 5.65. The highest BCUT2D eigenvalue weighted by atomic mass is 19.4. The van der Waals surface area contributed by atoms with Crippen molar-refractivity contribution in [3.63, 3.8) is 0 Å². The van der Waals surface area contributed by atoms with E-state index < -0.39 is 11.7 Å². The van der Waals surface area contributed by atoms with Gasteiger partial charge in [-0.25, -0.2) is 0 Å². The quantitative estimate of drug-likeness (QED) is 0.522. The van der Waals surface area contributed by atoms with Gasteiger partial charge in [0.1, 0.15) is 0 Å². The lowest BCUT2D eigenvalue weighted by molar-refractivity contribution is -0.138. The summed E-state index contributed by atoms with van der Waals surface area (Å²) in [6.45, 7) is 2.57. The van der Waals surface area contributed by atoms with E-state index in [4.69, 9.17) is 0 Å². The normalized spacial score (nSPS) is 18.4. The second-order valence-corrected chi connectivity index (χ2v) is 8.24. The minimum Gasteiger partial charge on any atom is -0.300 e. The van der Waals surface area contributed by atoms with Crippen LogP contribution in [0.3, 0.4) is 0 Å². The second-order valence-electron chi connectivity index (χ2n) is 8.24. The maximum Gasteiger partial charge on any atom is 0.416 e. The van der Waals surface area contributed by atoms with Gasteiger partial charge in [-0.05, 0) is 29.8 Å². The Balaban J connectivity index is 1.62. The van der Waals surface area contributed by atoms with Gasteiger partial charge < -0.3 is 0 Å². The summed E-state index contributed by atoms with van der Waals surface area (Å²) in [5.74, 6) is 0.146. The molecule has 0 aliphatic carbocycles. The third-order valence-corrected chi connectivity index (χ3v) is 6.20. The van der Waals surface area contributed by atoms with Gasteiger partial charge in [-0.3, -0.25) is 9.80 Å². The molecule has 0 radical (unpaired) electrons. The molecule has 1 atom stereocenters. The van der Waals surface area contributed by atoms with Crippen LogP contribution in [0.25, 0.3) is 0 Å². The average molecular weight is 425 g/mol. The molecule has 162 valence electrons. The van der Waals surface area contributed by atoms with Gasteiger partial charge in [0.05, 0.1) is 5.56 Å². The van der Waals surface area contributed by atoms with Crippen molar-refractivity contribution in [2.45, 2.75) is 24.7 Å². The fraction of sp³-hybridized carbons (Fsp3) is 0.308. The molecule has 1 heterocycles. The van der Waals surface area contributed by atoms with Crippen molar-refractivity contribution in [1.82, 2.24) is 9.80 Å². The third-order valence-electron chi connectivity index (χ3n) is 6.20. The van der Waals surface area contributed by atoms with Crippen molar-refractivity contribution in [1.29, 1.82) is 0 Å². The lowest BCUT2D eigenvalue weighted by atomic mass is 9.83. The number of hydrogen-bond donors (Lipinski definition) is 0. The molecule has 1 unspecified atom stereocenters. The first-order valence-corrected chi connectivity index (χ1v) is 10.6. The van der Waals surface area contributed by atoms with E-state index in [-0.39, 0.29) is 12.0 Å². The van der Waals surface area contributed by atoms with E-state index in [1.165, 1.54) is 23.3 Å². The van der Waals surface area contributed by atoms with Crippen LogP contribution in [0.2, 0.25) is 0 Å². The lowest BCUT2D eigenvalue weighted by Crippen LogP contribution is -2.53. The Morgan fingerprint density at radius 1 is 0.806 bits per heavy atom. The third kappa shape index (κ3) is 5.00. The summed E-state index contributed by atoms with van der Waals surface area (Å²) in [6, 6.07) is 26.9. The minimum atomic E-state index is -4.33. The van der Waals surface area contributed by atoms with E-state index in [0.717, 1.165) is 13.1 Å². The number of nitrogens with zero attached hydrogens (tertiary/aromatic N) is 2. The zero-order valence-corrected chi connectivity index (χ0v) is 17.6. The molecular formula is C26H27F3N2. The van der Waals surface area contributed by atoms with Crippen LogP contribution in [0.5, 0.6) is 0 Å². The molecule has 4 rings (SSSR count). The first-order valence-electron chi connectivity index (χ1n) is 10.6. The van der Waals surface area contributed by atoms with Gasteiger partial charge in [0.2, 0.25) is 0 Å². The van der Waals surface area contributed by atoms with E-state index in [1.54, 1.807) is 12.1 Å². The molecule has 2 nitrogen and oxygen atoms in total. The molecule has 0 bridgehead atoms. The van der Waals surface area contributed by atoms with Crippen LogP contribution < -0.4 is 0 Å². The largest absolute Gasteiger partial charge is 0.416 e. The number of piperazine rings is 1. The van der Waals surface area contributed by atoms with E-state index in [2.05, 4.69) is 41.1 Å². The van der Waals surface area contributed by atoms with Gasteiger partial charge in [0, 0.05) is 38.1 Å². The van der Waals surface area contributed by atoms with Crippen LogP contribution in [-0.4, -0.2) is 42.5 Å². The highest BCUT2D eigenvalue weighted by Crippen LogP contribution is 2.35. The van der Waals surface area contributed by atoms with Crippen LogP contribution >= 0.6 is 0 Å². The van der Waals surface area contributed by atoms with Crippen LogP contribution in [0.4, 0.5) is 13.2 Å². The van der Waals surface area contributed by atoms with Crippen molar-refractivity contribution in [2.75, 3.05) is 26.7 Å². The summed E-state index contributed by atoms with van der Waals surface area (Å²) in [5.41, 5.74) is 2.26. The number of rotatable bonds is 5. The molecule has 3 aromatic rings. The van der Waals surface area contributed by atoms with Crippen molar-refractivity contribution in [2.24, 2.45) is 0 Å². The monoisotopic (exact) mass is 424 g/mol. The van der Waals surface area contributed by atoms with E-state index in [0.29, 0.717) is 18.7 Å². The summed E-state index contributed by atoms with van der Waals surface area (Å²) in [4.78, 5) is 4.50.